The van der Waals surface area contributed by atoms with E-state index in [-0.39, 0.29) is 17.7 Å². The number of carbonyl (C=O) groups excluding carboxylic acids is 4. The summed E-state index contributed by atoms with van der Waals surface area (Å²) in [6.45, 7) is 11.5. The van der Waals surface area contributed by atoms with Crippen LogP contribution >= 0.6 is 0 Å². The average Bonchev–Trinajstić information content (AvgIpc) is 3.43. The summed E-state index contributed by atoms with van der Waals surface area (Å²) in [5, 5.41) is 3.35. The van der Waals surface area contributed by atoms with Crippen LogP contribution < -0.4 is 14.6 Å². The topological polar surface area (TPSA) is 129 Å². The molecule has 1 aliphatic heterocycles. The third kappa shape index (κ3) is 8.91. The molecular formula is C33H41N4O8+. The lowest BCUT2D eigenvalue weighted by Crippen LogP contribution is -2.43. The number of fused-ring (bicyclic) bond motifs is 1. The van der Waals surface area contributed by atoms with Crippen LogP contribution in [0.3, 0.4) is 0 Å². The molecule has 1 aliphatic rings. The Bertz CT molecular complexity index is 1510. The zero-order valence-electron chi connectivity index (χ0n) is 26.8. The van der Waals surface area contributed by atoms with Gasteiger partial charge >= 0.3 is 12.1 Å². The monoisotopic (exact) mass is 621 g/mol. The van der Waals surface area contributed by atoms with Crippen molar-refractivity contribution in [3.63, 3.8) is 0 Å². The Labute approximate surface area is 262 Å². The van der Waals surface area contributed by atoms with Crippen LogP contribution in [0, 0.1) is 0 Å². The van der Waals surface area contributed by atoms with Crippen molar-refractivity contribution in [2.24, 2.45) is 7.05 Å². The van der Waals surface area contributed by atoms with E-state index in [4.69, 9.17) is 19.0 Å². The van der Waals surface area contributed by atoms with Gasteiger partial charge in [-0.05, 0) is 77.9 Å². The summed E-state index contributed by atoms with van der Waals surface area (Å²) >= 11 is 0. The fourth-order valence-electron chi connectivity index (χ4n) is 4.53. The quantitative estimate of drug-likeness (QED) is 0.146. The van der Waals surface area contributed by atoms with Crippen molar-refractivity contribution in [1.29, 1.82) is 0 Å². The van der Waals surface area contributed by atoms with Crippen molar-refractivity contribution < 1.29 is 42.8 Å². The third-order valence-corrected chi connectivity index (χ3v) is 6.46. The summed E-state index contributed by atoms with van der Waals surface area (Å²) in [5.74, 6) is -1.64. The lowest BCUT2D eigenvalue weighted by atomic mass is 10.1. The molecule has 0 fully saturated rings. The minimum atomic E-state index is -1.39. The Morgan fingerprint density at radius 3 is 2.07 bits per heavy atom. The minimum Gasteiger partial charge on any atom is -0.490 e. The highest BCUT2D eigenvalue weighted by molar-refractivity contribution is 6.20. The second-order valence-electron chi connectivity index (χ2n) is 12.7. The average molecular weight is 622 g/mol. The molecule has 1 atom stereocenters. The Balaban J connectivity index is 1.37. The van der Waals surface area contributed by atoms with Gasteiger partial charge in [0, 0.05) is 18.5 Å². The van der Waals surface area contributed by atoms with Crippen LogP contribution in [-0.2, 0) is 32.7 Å². The Morgan fingerprint density at radius 2 is 1.49 bits per heavy atom. The van der Waals surface area contributed by atoms with E-state index >= 15 is 0 Å². The maximum atomic E-state index is 13.0. The Kier molecular flexibility index (Phi) is 9.97. The summed E-state index contributed by atoms with van der Waals surface area (Å²) in [4.78, 5) is 56.2. The Morgan fingerprint density at radius 1 is 0.889 bits per heavy atom. The van der Waals surface area contributed by atoms with Crippen LogP contribution in [0.5, 0.6) is 5.75 Å². The van der Waals surface area contributed by atoms with Gasteiger partial charge in [-0.3, -0.25) is 9.59 Å². The van der Waals surface area contributed by atoms with Gasteiger partial charge in [0.05, 0.1) is 24.7 Å². The number of ether oxygens (including phenoxy) is 3. The summed E-state index contributed by atoms with van der Waals surface area (Å²) < 4.78 is 20.6. The van der Waals surface area contributed by atoms with Crippen molar-refractivity contribution in [2.45, 2.75) is 71.8 Å². The highest BCUT2D eigenvalue weighted by atomic mass is 16.7. The van der Waals surface area contributed by atoms with Crippen molar-refractivity contribution in [3.05, 3.63) is 72.2 Å². The first-order valence-corrected chi connectivity index (χ1v) is 14.7. The fourth-order valence-corrected chi connectivity index (χ4v) is 4.53. The lowest BCUT2D eigenvalue weighted by Gasteiger charge is -2.26. The predicted octanol–water partition coefficient (Wildman–Crippen LogP) is 4.21. The van der Waals surface area contributed by atoms with E-state index in [0.29, 0.717) is 23.9 Å². The molecule has 2 aromatic carbocycles. The molecule has 240 valence electrons. The van der Waals surface area contributed by atoms with Crippen molar-refractivity contribution in [3.8, 4) is 17.0 Å². The molecule has 0 saturated heterocycles. The summed E-state index contributed by atoms with van der Waals surface area (Å²) in [6.07, 6.45) is 2.88. The van der Waals surface area contributed by atoms with E-state index < -0.39 is 41.2 Å². The van der Waals surface area contributed by atoms with E-state index in [9.17, 15) is 19.2 Å². The zero-order chi connectivity index (χ0) is 32.9. The molecule has 12 nitrogen and oxygen atoms in total. The van der Waals surface area contributed by atoms with Gasteiger partial charge in [0.25, 0.3) is 11.8 Å². The smallest absolute Gasteiger partial charge is 0.407 e. The minimum absolute atomic E-state index is 0.196. The highest BCUT2D eigenvalue weighted by Crippen LogP contribution is 2.25. The van der Waals surface area contributed by atoms with Crippen LogP contribution in [0.2, 0.25) is 0 Å². The second-order valence-corrected chi connectivity index (χ2v) is 12.7. The highest BCUT2D eigenvalue weighted by Gasteiger charge is 2.40. The lowest BCUT2D eigenvalue weighted by molar-refractivity contribution is -0.696. The molecule has 1 aromatic heterocycles. The number of amides is 3. The first-order chi connectivity index (χ1) is 21.1. The van der Waals surface area contributed by atoms with Crippen molar-refractivity contribution in [2.75, 3.05) is 13.2 Å². The Hall–Kier alpha value is -4.71. The number of hydroxylamine groups is 2. The second kappa shape index (κ2) is 13.5. The van der Waals surface area contributed by atoms with E-state index in [2.05, 4.69) is 5.32 Å². The fraction of sp³-hybridized carbons (Fsp3) is 0.424. The predicted molar refractivity (Wildman–Crippen MR) is 163 cm³/mol. The number of aryl methyl sites for hydroxylation is 2. The first kappa shape index (κ1) is 33.2. The third-order valence-electron chi connectivity index (χ3n) is 6.46. The van der Waals surface area contributed by atoms with E-state index in [1.54, 1.807) is 45.0 Å². The van der Waals surface area contributed by atoms with Crippen molar-refractivity contribution >= 4 is 23.9 Å². The van der Waals surface area contributed by atoms with E-state index in [0.717, 1.165) is 17.7 Å². The van der Waals surface area contributed by atoms with Crippen LogP contribution in [0.15, 0.2) is 61.1 Å². The number of carbonyl (C=O) groups is 4. The number of imidazole rings is 1. The molecular weight excluding hydrogens is 580 g/mol. The number of imide groups is 1. The number of hydrogen-bond donors (Lipinski definition) is 1. The largest absolute Gasteiger partial charge is 0.490 e. The number of hydrogen-bond acceptors (Lipinski definition) is 8. The molecule has 0 spiro atoms. The van der Waals surface area contributed by atoms with Gasteiger partial charge in [-0.1, -0.05) is 12.1 Å². The molecule has 0 radical (unpaired) electrons. The molecule has 12 heteroatoms. The molecule has 0 aliphatic carbocycles. The molecule has 1 N–H and O–H groups in total. The van der Waals surface area contributed by atoms with Gasteiger partial charge in [0.2, 0.25) is 12.4 Å². The maximum absolute atomic E-state index is 13.0. The van der Waals surface area contributed by atoms with Crippen LogP contribution in [0.4, 0.5) is 4.79 Å². The van der Waals surface area contributed by atoms with Crippen LogP contribution in [0.1, 0.15) is 68.7 Å². The van der Waals surface area contributed by atoms with Crippen LogP contribution in [-0.4, -0.2) is 64.0 Å². The number of nitrogens with one attached hydrogen (secondary N) is 1. The van der Waals surface area contributed by atoms with Gasteiger partial charge in [0.15, 0.2) is 5.69 Å². The molecule has 4 rings (SSSR count). The van der Waals surface area contributed by atoms with Gasteiger partial charge in [0.1, 0.15) is 29.8 Å². The first-order valence-electron chi connectivity index (χ1n) is 14.7. The number of benzene rings is 2. The van der Waals surface area contributed by atoms with Gasteiger partial charge < -0.3 is 19.5 Å². The number of alkyl carbamates (subject to hydrolysis) is 1. The van der Waals surface area contributed by atoms with Gasteiger partial charge in [-0.15, -0.1) is 5.06 Å². The van der Waals surface area contributed by atoms with Gasteiger partial charge in [-0.2, -0.15) is 0 Å². The van der Waals surface area contributed by atoms with Crippen molar-refractivity contribution in [1.82, 2.24) is 14.9 Å². The van der Waals surface area contributed by atoms with E-state index in [1.165, 1.54) is 12.1 Å². The SMILES string of the molecule is Cn1c[n+](CCCNC(=O)OC(C)(C)C)cc1-c1ccc(OC[C@H](ON2C(=O)c3ccccc3C2=O)C(=O)OC(C)(C)C)cc1. The standard InChI is InChI=1S/C33H40N4O8/c1-32(2,3)43-30(40)27(45-37-28(38)24-11-8-9-12-25(24)29(37)39)20-42-23-15-13-22(14-16-23)26-19-36(21-35(26)7)18-10-17-34-31(41)44-33(4,5)6/h8-9,11-16,19,21,27H,10,17-18,20H2,1-7H3/p+1/t27-/m0/s1. The number of rotatable bonds is 11. The molecule has 0 saturated carbocycles. The molecule has 0 bridgehead atoms. The number of nitrogens with zero attached hydrogens (tertiary/aromatic N) is 3. The molecule has 45 heavy (non-hydrogen) atoms. The summed E-state index contributed by atoms with van der Waals surface area (Å²) in [7, 11) is 1.94. The van der Waals surface area contributed by atoms with Gasteiger partial charge in [-0.25, -0.2) is 23.6 Å². The molecule has 3 aromatic rings. The molecule has 0 unspecified atom stereocenters. The van der Waals surface area contributed by atoms with E-state index in [1.807, 2.05) is 61.6 Å². The number of esters is 1. The summed E-state index contributed by atoms with van der Waals surface area (Å²) in [5.41, 5.74) is 0.915. The molecule has 3 amide bonds. The number of aromatic nitrogens is 2. The zero-order valence-corrected chi connectivity index (χ0v) is 26.8. The summed E-state index contributed by atoms with van der Waals surface area (Å²) in [6, 6.07) is 13.6. The van der Waals surface area contributed by atoms with Crippen LogP contribution in [0.25, 0.3) is 11.3 Å². The molecule has 2 heterocycles. The normalized spacial score (nSPS) is 13.8. The maximum Gasteiger partial charge on any atom is 0.407 e.